The smallest absolute Gasteiger partial charge is 0.191 e. The summed E-state index contributed by atoms with van der Waals surface area (Å²) in [7, 11) is 1.72. The molecule has 2 rings (SSSR count). The summed E-state index contributed by atoms with van der Waals surface area (Å²) >= 11 is 0. The maximum Gasteiger partial charge on any atom is 0.191 e. The summed E-state index contributed by atoms with van der Waals surface area (Å²) in [5, 5.41) is 6.74. The number of hydrogen-bond donors (Lipinski definition) is 2. The van der Waals surface area contributed by atoms with E-state index in [-0.39, 0.29) is 0 Å². The summed E-state index contributed by atoms with van der Waals surface area (Å²) in [6.45, 7) is 9.72. The van der Waals surface area contributed by atoms with Crippen LogP contribution in [0.4, 0.5) is 0 Å². The number of nitrogens with one attached hydrogen (secondary N) is 2. The number of aryl methyl sites for hydroxylation is 3. The van der Waals surface area contributed by atoms with E-state index in [1.54, 1.807) is 7.11 Å². The van der Waals surface area contributed by atoms with Crippen molar-refractivity contribution < 1.29 is 4.74 Å². The standard InChI is InChI=1S/C21H33N5O/c1-5-22-21(24-11-6-7-14-26-15-13-23-18(26)3)25-12-10-19-16-17(2)8-9-20(19)27-4/h8-9,13,15-16H,5-7,10-12,14H2,1-4H3,(H2,22,24,25). The molecule has 2 N–H and O–H groups in total. The van der Waals surface area contributed by atoms with Crippen LogP contribution in [0.3, 0.4) is 0 Å². The molecule has 6 heteroatoms. The molecule has 0 spiro atoms. The molecular formula is C21H33N5O. The van der Waals surface area contributed by atoms with Crippen molar-refractivity contribution in [2.75, 3.05) is 26.7 Å². The van der Waals surface area contributed by atoms with Gasteiger partial charge in [0.25, 0.3) is 0 Å². The molecule has 2 aromatic rings. The SMILES string of the molecule is CCNC(=NCCCCn1ccnc1C)NCCc1cc(C)ccc1OC. The van der Waals surface area contributed by atoms with Crippen LogP contribution in [0.2, 0.25) is 0 Å². The second-order valence-electron chi connectivity index (χ2n) is 6.63. The lowest BCUT2D eigenvalue weighted by atomic mass is 10.1. The van der Waals surface area contributed by atoms with Gasteiger partial charge in [-0.2, -0.15) is 0 Å². The van der Waals surface area contributed by atoms with Crippen molar-refractivity contribution in [2.45, 2.75) is 46.6 Å². The van der Waals surface area contributed by atoms with Gasteiger partial charge >= 0.3 is 0 Å². The number of ether oxygens (including phenoxy) is 1. The maximum atomic E-state index is 5.46. The number of rotatable bonds is 10. The van der Waals surface area contributed by atoms with Gasteiger partial charge in [0.05, 0.1) is 7.11 Å². The van der Waals surface area contributed by atoms with Gasteiger partial charge in [0, 0.05) is 38.6 Å². The molecule has 0 aliphatic carbocycles. The first-order valence-corrected chi connectivity index (χ1v) is 9.77. The average molecular weight is 372 g/mol. The number of methoxy groups -OCH3 is 1. The number of guanidine groups is 1. The predicted octanol–water partition coefficient (Wildman–Crippen LogP) is 3.09. The van der Waals surface area contributed by atoms with Crippen LogP contribution in [0.15, 0.2) is 35.6 Å². The van der Waals surface area contributed by atoms with Gasteiger partial charge in [-0.15, -0.1) is 0 Å². The monoisotopic (exact) mass is 371 g/mol. The fraction of sp³-hybridized carbons (Fsp3) is 0.524. The molecule has 0 saturated heterocycles. The first kappa shape index (κ1) is 20.8. The molecule has 1 heterocycles. The maximum absolute atomic E-state index is 5.46. The Labute approximate surface area is 163 Å². The van der Waals surface area contributed by atoms with E-state index >= 15 is 0 Å². The van der Waals surface area contributed by atoms with Gasteiger partial charge in [0.2, 0.25) is 0 Å². The summed E-state index contributed by atoms with van der Waals surface area (Å²) < 4.78 is 7.64. The number of nitrogens with zero attached hydrogens (tertiary/aromatic N) is 3. The highest BCUT2D eigenvalue weighted by molar-refractivity contribution is 5.79. The van der Waals surface area contributed by atoms with E-state index in [9.17, 15) is 0 Å². The minimum Gasteiger partial charge on any atom is -0.496 e. The van der Waals surface area contributed by atoms with Crippen molar-refractivity contribution in [3.63, 3.8) is 0 Å². The third kappa shape index (κ3) is 6.96. The van der Waals surface area contributed by atoms with Crippen molar-refractivity contribution in [3.05, 3.63) is 47.5 Å². The van der Waals surface area contributed by atoms with Gasteiger partial charge in [-0.1, -0.05) is 17.7 Å². The van der Waals surface area contributed by atoms with Crippen LogP contribution >= 0.6 is 0 Å². The molecule has 6 nitrogen and oxygen atoms in total. The van der Waals surface area contributed by atoms with E-state index in [0.717, 1.165) is 63.0 Å². The summed E-state index contributed by atoms with van der Waals surface area (Å²) in [6.07, 6.45) is 6.93. The second kappa shape index (κ2) is 11.3. The van der Waals surface area contributed by atoms with Crippen LogP contribution in [-0.2, 0) is 13.0 Å². The lowest BCUT2D eigenvalue weighted by Gasteiger charge is -2.13. The van der Waals surface area contributed by atoms with E-state index < -0.39 is 0 Å². The highest BCUT2D eigenvalue weighted by Gasteiger charge is 2.04. The van der Waals surface area contributed by atoms with Gasteiger partial charge in [0.15, 0.2) is 5.96 Å². The second-order valence-corrected chi connectivity index (χ2v) is 6.63. The Bertz CT molecular complexity index is 723. The number of hydrogen-bond acceptors (Lipinski definition) is 3. The minimum atomic E-state index is 0.816. The fourth-order valence-electron chi connectivity index (χ4n) is 2.98. The van der Waals surface area contributed by atoms with Crippen LogP contribution in [0.1, 0.15) is 36.7 Å². The lowest BCUT2D eigenvalue weighted by Crippen LogP contribution is -2.38. The van der Waals surface area contributed by atoms with E-state index in [1.165, 1.54) is 11.1 Å². The molecule has 1 aromatic heterocycles. The van der Waals surface area contributed by atoms with E-state index in [2.05, 4.69) is 51.2 Å². The highest BCUT2D eigenvalue weighted by atomic mass is 16.5. The molecule has 1 aromatic carbocycles. The predicted molar refractivity (Wildman–Crippen MR) is 112 cm³/mol. The van der Waals surface area contributed by atoms with Crippen molar-refractivity contribution >= 4 is 5.96 Å². The fourth-order valence-corrected chi connectivity index (χ4v) is 2.98. The van der Waals surface area contributed by atoms with Crippen molar-refractivity contribution in [2.24, 2.45) is 4.99 Å². The van der Waals surface area contributed by atoms with Gasteiger partial charge in [-0.05, 0) is 51.7 Å². The number of unbranched alkanes of at least 4 members (excludes halogenated alkanes) is 1. The normalized spacial score (nSPS) is 11.5. The van der Waals surface area contributed by atoms with Gasteiger partial charge < -0.3 is 19.9 Å². The Morgan fingerprint density at radius 3 is 2.78 bits per heavy atom. The third-order valence-corrected chi connectivity index (χ3v) is 4.47. The van der Waals surface area contributed by atoms with Gasteiger partial charge in [-0.3, -0.25) is 4.99 Å². The van der Waals surface area contributed by atoms with E-state index in [1.807, 2.05) is 25.4 Å². The molecule has 27 heavy (non-hydrogen) atoms. The molecule has 0 saturated carbocycles. The lowest BCUT2D eigenvalue weighted by molar-refractivity contribution is 0.409. The van der Waals surface area contributed by atoms with Crippen molar-refractivity contribution in [3.8, 4) is 5.75 Å². The van der Waals surface area contributed by atoms with Crippen LogP contribution in [0.25, 0.3) is 0 Å². The highest BCUT2D eigenvalue weighted by Crippen LogP contribution is 2.19. The molecule has 0 unspecified atom stereocenters. The summed E-state index contributed by atoms with van der Waals surface area (Å²) in [4.78, 5) is 8.94. The largest absolute Gasteiger partial charge is 0.496 e. The number of imidazole rings is 1. The Hall–Kier alpha value is -2.50. The topological polar surface area (TPSA) is 63.5 Å². The zero-order chi connectivity index (χ0) is 19.5. The molecule has 148 valence electrons. The van der Waals surface area contributed by atoms with E-state index in [0.29, 0.717) is 0 Å². The van der Waals surface area contributed by atoms with Crippen molar-refractivity contribution in [1.29, 1.82) is 0 Å². The molecular weight excluding hydrogens is 338 g/mol. The summed E-state index contributed by atoms with van der Waals surface area (Å²) in [5.74, 6) is 2.89. The first-order chi connectivity index (χ1) is 13.1. The number of aromatic nitrogens is 2. The molecule has 0 bridgehead atoms. The van der Waals surface area contributed by atoms with Crippen LogP contribution < -0.4 is 15.4 Å². The minimum absolute atomic E-state index is 0.816. The molecule has 0 amide bonds. The third-order valence-electron chi connectivity index (χ3n) is 4.47. The molecule has 0 aliphatic heterocycles. The number of aliphatic imine (C=N–C) groups is 1. The van der Waals surface area contributed by atoms with Crippen LogP contribution in [-0.4, -0.2) is 42.3 Å². The zero-order valence-electron chi connectivity index (χ0n) is 17.1. The summed E-state index contributed by atoms with van der Waals surface area (Å²) in [6, 6.07) is 6.29. The Balaban J connectivity index is 1.76. The Kier molecular flexibility index (Phi) is 8.68. The van der Waals surface area contributed by atoms with Crippen LogP contribution in [0, 0.1) is 13.8 Å². The Morgan fingerprint density at radius 1 is 1.22 bits per heavy atom. The Morgan fingerprint density at radius 2 is 2.07 bits per heavy atom. The molecule has 0 atom stereocenters. The average Bonchev–Trinajstić information content (AvgIpc) is 3.06. The molecule has 0 fully saturated rings. The zero-order valence-corrected chi connectivity index (χ0v) is 17.1. The quantitative estimate of drug-likeness (QED) is 0.383. The van der Waals surface area contributed by atoms with E-state index in [4.69, 9.17) is 4.74 Å². The first-order valence-electron chi connectivity index (χ1n) is 9.77. The molecule has 0 radical (unpaired) electrons. The van der Waals surface area contributed by atoms with Crippen molar-refractivity contribution in [1.82, 2.24) is 20.2 Å². The molecule has 0 aliphatic rings. The van der Waals surface area contributed by atoms with Crippen LogP contribution in [0.5, 0.6) is 5.75 Å². The van der Waals surface area contributed by atoms with Gasteiger partial charge in [-0.25, -0.2) is 4.98 Å². The van der Waals surface area contributed by atoms with Gasteiger partial charge in [0.1, 0.15) is 11.6 Å². The summed E-state index contributed by atoms with van der Waals surface area (Å²) in [5.41, 5.74) is 2.47. The number of benzene rings is 1.